The Labute approximate surface area is 114 Å². The Hall–Kier alpha value is -0.940. The third-order valence-corrected chi connectivity index (χ3v) is 6.00. The second kappa shape index (κ2) is 4.03. The van der Waals surface area contributed by atoms with Gasteiger partial charge in [0, 0.05) is 17.0 Å². The minimum absolute atomic E-state index is 0.0609. The van der Waals surface area contributed by atoms with Crippen LogP contribution in [0.1, 0.15) is 18.1 Å². The van der Waals surface area contributed by atoms with Gasteiger partial charge in [0.2, 0.25) is 11.0 Å². The minimum Gasteiger partial charge on any atom is -0.316 e. The second-order valence-corrected chi connectivity index (χ2v) is 6.64. The van der Waals surface area contributed by atoms with Gasteiger partial charge in [-0.3, -0.25) is 9.59 Å². The van der Waals surface area contributed by atoms with E-state index in [4.69, 9.17) is 0 Å². The van der Waals surface area contributed by atoms with Crippen LogP contribution in [0.2, 0.25) is 0 Å². The fraction of sp³-hybridized carbons (Fsp3) is 0.385. The van der Waals surface area contributed by atoms with E-state index < -0.39 is 4.87 Å². The molecule has 3 nitrogen and oxygen atoms in total. The van der Waals surface area contributed by atoms with E-state index in [1.807, 2.05) is 32.0 Å². The van der Waals surface area contributed by atoms with Gasteiger partial charge < -0.3 is 4.90 Å². The fourth-order valence-corrected chi connectivity index (χ4v) is 5.26. The van der Waals surface area contributed by atoms with E-state index in [2.05, 4.69) is 0 Å². The number of fused-ring (bicyclic) bond motifs is 2. The predicted molar refractivity (Wildman–Crippen MR) is 73.6 cm³/mol. The maximum absolute atomic E-state index is 12.4. The Morgan fingerprint density at radius 3 is 2.89 bits per heavy atom. The van der Waals surface area contributed by atoms with Crippen molar-refractivity contribution >= 4 is 34.5 Å². The highest BCUT2D eigenvalue weighted by Crippen LogP contribution is 2.56. The van der Waals surface area contributed by atoms with Gasteiger partial charge in [-0.1, -0.05) is 17.7 Å². The lowest BCUT2D eigenvalue weighted by Gasteiger charge is -2.31. The zero-order chi connectivity index (χ0) is 12.9. The molecule has 2 aliphatic rings. The molecule has 1 spiro atoms. The summed E-state index contributed by atoms with van der Waals surface area (Å²) in [5, 5.41) is 0.0702. The van der Waals surface area contributed by atoms with Crippen molar-refractivity contribution < 1.29 is 9.59 Å². The van der Waals surface area contributed by atoms with Crippen molar-refractivity contribution in [1.82, 2.24) is 4.90 Å². The molecule has 0 saturated carbocycles. The van der Waals surface area contributed by atoms with Gasteiger partial charge in [-0.05, 0) is 31.7 Å². The number of hydrogen-bond acceptors (Lipinski definition) is 4. The number of hydrogen-bond donors (Lipinski definition) is 0. The van der Waals surface area contributed by atoms with Crippen molar-refractivity contribution in [2.75, 3.05) is 12.3 Å². The first-order valence-corrected chi connectivity index (χ1v) is 7.67. The SMILES string of the molecule is CCN1C(=O)CSC12C(=O)Sc1ccc(C)cc12. The second-order valence-electron chi connectivity index (χ2n) is 4.46. The highest BCUT2D eigenvalue weighted by Gasteiger charge is 2.57. The van der Waals surface area contributed by atoms with Crippen molar-refractivity contribution in [2.45, 2.75) is 23.6 Å². The number of nitrogens with zero attached hydrogens (tertiary/aromatic N) is 1. The molecule has 3 rings (SSSR count). The first-order chi connectivity index (χ1) is 8.59. The van der Waals surface area contributed by atoms with Gasteiger partial charge in [0.05, 0.1) is 5.75 Å². The van der Waals surface area contributed by atoms with E-state index in [0.717, 1.165) is 16.0 Å². The predicted octanol–water partition coefficient (Wildman–Crippen LogP) is 2.38. The number of likely N-dealkylation sites (N-methyl/N-ethyl adjacent to an activating group) is 1. The van der Waals surface area contributed by atoms with Crippen molar-refractivity contribution in [2.24, 2.45) is 0 Å². The van der Waals surface area contributed by atoms with Crippen LogP contribution in [0.4, 0.5) is 0 Å². The molecule has 0 N–H and O–H groups in total. The largest absolute Gasteiger partial charge is 0.316 e. The normalized spacial score (nSPS) is 26.2. The van der Waals surface area contributed by atoms with Crippen LogP contribution in [0.5, 0.6) is 0 Å². The summed E-state index contributed by atoms with van der Waals surface area (Å²) in [4.78, 5) is 26.3. The Balaban J connectivity index is 2.21. The Bertz CT molecular complexity index is 558. The number of benzene rings is 1. The number of amides is 1. The molecule has 94 valence electrons. The molecule has 5 heteroatoms. The van der Waals surface area contributed by atoms with Crippen LogP contribution in [0, 0.1) is 6.92 Å². The lowest BCUT2D eigenvalue weighted by Crippen LogP contribution is -2.44. The van der Waals surface area contributed by atoms with Crippen LogP contribution in [-0.2, 0) is 14.5 Å². The standard InChI is InChI=1S/C13H13NO2S2/c1-3-14-11(15)7-17-13(14)9-6-8(2)4-5-10(9)18-12(13)16/h4-6H,3,7H2,1-2H3. The smallest absolute Gasteiger partial charge is 0.234 e. The lowest BCUT2D eigenvalue weighted by atomic mass is 10.0. The number of carbonyl (C=O) groups excluding carboxylic acids is 2. The molecule has 2 heterocycles. The van der Waals surface area contributed by atoms with Gasteiger partial charge in [-0.25, -0.2) is 0 Å². The van der Waals surface area contributed by atoms with Crippen LogP contribution in [0.25, 0.3) is 0 Å². The third-order valence-electron chi connectivity index (χ3n) is 3.38. The molecule has 0 bridgehead atoms. The van der Waals surface area contributed by atoms with Gasteiger partial charge in [0.1, 0.15) is 0 Å². The van der Waals surface area contributed by atoms with Gasteiger partial charge in [-0.2, -0.15) is 0 Å². The minimum atomic E-state index is -0.766. The summed E-state index contributed by atoms with van der Waals surface area (Å²) in [6.07, 6.45) is 0. The maximum Gasteiger partial charge on any atom is 0.234 e. The van der Waals surface area contributed by atoms with Crippen LogP contribution in [-0.4, -0.2) is 28.2 Å². The average molecular weight is 279 g/mol. The maximum atomic E-state index is 12.4. The number of rotatable bonds is 1. The molecule has 1 aromatic carbocycles. The number of aryl methyl sites for hydroxylation is 1. The molecular formula is C13H13NO2S2. The molecule has 1 amide bonds. The number of carbonyl (C=O) groups is 2. The van der Waals surface area contributed by atoms with Crippen molar-refractivity contribution in [3.05, 3.63) is 29.3 Å². The van der Waals surface area contributed by atoms with E-state index in [-0.39, 0.29) is 11.0 Å². The van der Waals surface area contributed by atoms with Crippen molar-refractivity contribution in [3.63, 3.8) is 0 Å². The summed E-state index contributed by atoms with van der Waals surface area (Å²) < 4.78 is 0. The highest BCUT2D eigenvalue weighted by atomic mass is 32.2. The molecule has 0 aromatic heterocycles. The molecule has 1 saturated heterocycles. The highest BCUT2D eigenvalue weighted by molar-refractivity contribution is 8.17. The summed E-state index contributed by atoms with van der Waals surface area (Å²) in [7, 11) is 0. The molecule has 0 radical (unpaired) electrons. The zero-order valence-corrected chi connectivity index (χ0v) is 11.9. The topological polar surface area (TPSA) is 37.4 Å². The Morgan fingerprint density at radius 1 is 1.39 bits per heavy atom. The lowest BCUT2D eigenvalue weighted by molar-refractivity contribution is -0.134. The van der Waals surface area contributed by atoms with Gasteiger partial charge in [0.15, 0.2) is 4.87 Å². The summed E-state index contributed by atoms with van der Waals surface area (Å²) in [5.74, 6) is 0.457. The molecule has 1 fully saturated rings. The molecule has 1 atom stereocenters. The molecule has 2 aliphatic heterocycles. The summed E-state index contributed by atoms with van der Waals surface area (Å²) in [6.45, 7) is 4.52. The van der Waals surface area contributed by atoms with E-state index >= 15 is 0 Å². The molecule has 18 heavy (non-hydrogen) atoms. The van der Waals surface area contributed by atoms with Crippen LogP contribution in [0.15, 0.2) is 23.1 Å². The van der Waals surface area contributed by atoms with Crippen molar-refractivity contribution in [3.8, 4) is 0 Å². The van der Waals surface area contributed by atoms with Gasteiger partial charge >= 0.3 is 0 Å². The van der Waals surface area contributed by atoms with E-state index in [9.17, 15) is 9.59 Å². The Morgan fingerprint density at radius 2 is 2.17 bits per heavy atom. The molecular weight excluding hydrogens is 266 g/mol. The third kappa shape index (κ3) is 1.40. The molecule has 1 aromatic rings. The first-order valence-electron chi connectivity index (χ1n) is 5.87. The van der Waals surface area contributed by atoms with E-state index in [1.54, 1.807) is 4.90 Å². The molecule has 0 aliphatic carbocycles. The van der Waals surface area contributed by atoms with Crippen LogP contribution >= 0.6 is 23.5 Å². The van der Waals surface area contributed by atoms with Crippen LogP contribution in [0.3, 0.4) is 0 Å². The fourth-order valence-electron chi connectivity index (χ4n) is 2.57. The molecule has 1 unspecified atom stereocenters. The quantitative estimate of drug-likeness (QED) is 0.791. The Kier molecular flexibility index (Phi) is 2.71. The van der Waals surface area contributed by atoms with E-state index in [1.165, 1.54) is 23.5 Å². The zero-order valence-electron chi connectivity index (χ0n) is 10.2. The summed E-state index contributed by atoms with van der Waals surface area (Å²) in [6, 6.07) is 6.04. The summed E-state index contributed by atoms with van der Waals surface area (Å²) in [5.41, 5.74) is 2.12. The van der Waals surface area contributed by atoms with E-state index in [0.29, 0.717) is 12.3 Å². The van der Waals surface area contributed by atoms with Gasteiger partial charge in [-0.15, -0.1) is 11.8 Å². The summed E-state index contributed by atoms with van der Waals surface area (Å²) >= 11 is 2.72. The number of thioether (sulfide) groups is 2. The average Bonchev–Trinajstić information content (AvgIpc) is 2.81. The van der Waals surface area contributed by atoms with Crippen molar-refractivity contribution in [1.29, 1.82) is 0 Å². The first kappa shape index (κ1) is 12.1. The monoisotopic (exact) mass is 279 g/mol. The van der Waals surface area contributed by atoms with Gasteiger partial charge in [0.25, 0.3) is 0 Å². The van der Waals surface area contributed by atoms with Crippen LogP contribution < -0.4 is 0 Å².